The van der Waals surface area contributed by atoms with E-state index < -0.39 is 0 Å². The van der Waals surface area contributed by atoms with E-state index in [1.807, 2.05) is 7.05 Å². The van der Waals surface area contributed by atoms with Crippen LogP contribution in [0.4, 0.5) is 0 Å². The van der Waals surface area contributed by atoms with Crippen LogP contribution in [0.15, 0.2) is 10.9 Å². The molecular weight excluding hydrogens is 250 g/mol. The maximum atomic E-state index is 12.8. The summed E-state index contributed by atoms with van der Waals surface area (Å²) in [5, 5.41) is 3.13. The Hall–Kier alpha value is -1.13. The Labute approximate surface area is 120 Å². The average Bonchev–Trinajstić information content (AvgIpc) is 2.94. The molecule has 2 aliphatic rings. The van der Waals surface area contributed by atoms with Crippen LogP contribution in [0.3, 0.4) is 0 Å². The van der Waals surface area contributed by atoms with E-state index in [0.29, 0.717) is 12.6 Å². The van der Waals surface area contributed by atoms with E-state index in [1.165, 1.54) is 36.9 Å². The van der Waals surface area contributed by atoms with E-state index in [2.05, 4.69) is 27.9 Å². The number of rotatable bonds is 3. The van der Waals surface area contributed by atoms with E-state index in [1.54, 1.807) is 0 Å². The van der Waals surface area contributed by atoms with Crippen molar-refractivity contribution in [3.63, 3.8) is 0 Å². The molecule has 2 heterocycles. The first-order valence-corrected chi connectivity index (χ1v) is 7.80. The van der Waals surface area contributed by atoms with Gasteiger partial charge in [-0.1, -0.05) is 12.8 Å². The number of aromatic nitrogens is 1. The van der Waals surface area contributed by atoms with E-state index in [9.17, 15) is 4.79 Å². The lowest BCUT2D eigenvalue weighted by Crippen LogP contribution is -2.37. The topological polar surface area (TPSA) is 37.3 Å². The largest absolute Gasteiger partial charge is 0.315 e. The summed E-state index contributed by atoms with van der Waals surface area (Å²) in [5.74, 6) is 0. The Bertz CT molecular complexity index is 543. The molecule has 20 heavy (non-hydrogen) atoms. The fourth-order valence-corrected chi connectivity index (χ4v) is 3.74. The number of likely N-dealkylation sites (N-methyl/N-ethyl adjacent to an activating group) is 1. The number of fused-ring (bicyclic) bond motifs is 1. The summed E-state index contributed by atoms with van der Waals surface area (Å²) in [6, 6.07) is 2.58. The number of hydrogen-bond donors (Lipinski definition) is 1. The van der Waals surface area contributed by atoms with Crippen molar-refractivity contribution >= 4 is 0 Å². The molecule has 1 N–H and O–H groups in total. The second kappa shape index (κ2) is 5.70. The summed E-state index contributed by atoms with van der Waals surface area (Å²) >= 11 is 0. The zero-order valence-corrected chi connectivity index (χ0v) is 12.6. The van der Waals surface area contributed by atoms with Crippen molar-refractivity contribution in [1.82, 2.24) is 14.8 Å². The minimum atomic E-state index is 0.245. The number of nitrogens with one attached hydrogen (secondary N) is 1. The van der Waals surface area contributed by atoms with Gasteiger partial charge in [-0.2, -0.15) is 0 Å². The van der Waals surface area contributed by atoms with Gasteiger partial charge in [-0.15, -0.1) is 0 Å². The first-order chi connectivity index (χ1) is 9.70. The van der Waals surface area contributed by atoms with Gasteiger partial charge < -0.3 is 14.8 Å². The predicted octanol–water partition coefficient (Wildman–Crippen LogP) is 1.67. The van der Waals surface area contributed by atoms with Crippen LogP contribution in [0.1, 0.15) is 48.5 Å². The van der Waals surface area contributed by atoms with Gasteiger partial charge in [0, 0.05) is 43.4 Å². The SMILES string of the molecule is CNCc1cc2c(n(C3CCCC3)c1=O)CCN(C)C2. The Kier molecular flexibility index (Phi) is 3.94. The van der Waals surface area contributed by atoms with Crippen LogP contribution >= 0.6 is 0 Å². The van der Waals surface area contributed by atoms with Gasteiger partial charge in [0.1, 0.15) is 0 Å². The van der Waals surface area contributed by atoms with Crippen LogP contribution in [0.2, 0.25) is 0 Å². The first kappa shape index (κ1) is 13.8. The molecule has 0 spiro atoms. The second-order valence-corrected chi connectivity index (χ2v) is 6.27. The fraction of sp³-hybridized carbons (Fsp3) is 0.688. The van der Waals surface area contributed by atoms with Crippen LogP contribution in [-0.2, 0) is 19.5 Å². The van der Waals surface area contributed by atoms with Crippen molar-refractivity contribution in [2.24, 2.45) is 0 Å². The average molecular weight is 275 g/mol. The molecule has 1 aromatic rings. The van der Waals surface area contributed by atoms with Gasteiger partial charge in [-0.25, -0.2) is 0 Å². The van der Waals surface area contributed by atoms with Crippen LogP contribution in [0.25, 0.3) is 0 Å². The summed E-state index contributed by atoms with van der Waals surface area (Å²) in [6.07, 6.45) is 5.89. The number of hydrogen-bond acceptors (Lipinski definition) is 3. The molecule has 1 aliphatic carbocycles. The zero-order valence-electron chi connectivity index (χ0n) is 12.6. The third-order valence-corrected chi connectivity index (χ3v) is 4.73. The third kappa shape index (κ3) is 2.42. The molecule has 1 aromatic heterocycles. The summed E-state index contributed by atoms with van der Waals surface area (Å²) in [6.45, 7) is 2.70. The van der Waals surface area contributed by atoms with Gasteiger partial charge in [-0.3, -0.25) is 4.79 Å². The van der Waals surface area contributed by atoms with Crippen molar-refractivity contribution in [3.8, 4) is 0 Å². The Morgan fingerprint density at radius 1 is 1.35 bits per heavy atom. The van der Waals surface area contributed by atoms with E-state index in [0.717, 1.165) is 25.1 Å². The van der Waals surface area contributed by atoms with Crippen molar-refractivity contribution in [3.05, 3.63) is 33.2 Å². The molecule has 0 saturated heterocycles. The monoisotopic (exact) mass is 275 g/mol. The van der Waals surface area contributed by atoms with Crippen LogP contribution in [-0.4, -0.2) is 30.1 Å². The summed E-state index contributed by atoms with van der Waals surface area (Å²) in [7, 11) is 4.07. The molecule has 110 valence electrons. The lowest BCUT2D eigenvalue weighted by Gasteiger charge is -2.30. The summed E-state index contributed by atoms with van der Waals surface area (Å²) < 4.78 is 2.15. The van der Waals surface area contributed by atoms with Crippen molar-refractivity contribution in [1.29, 1.82) is 0 Å². The van der Waals surface area contributed by atoms with Crippen LogP contribution in [0.5, 0.6) is 0 Å². The Balaban J connectivity index is 2.11. The Morgan fingerprint density at radius 3 is 2.80 bits per heavy atom. The molecule has 1 saturated carbocycles. The highest BCUT2D eigenvalue weighted by Crippen LogP contribution is 2.31. The molecule has 1 aliphatic heterocycles. The lowest BCUT2D eigenvalue weighted by molar-refractivity contribution is 0.299. The van der Waals surface area contributed by atoms with Gasteiger partial charge in [0.25, 0.3) is 5.56 Å². The highest BCUT2D eigenvalue weighted by Gasteiger charge is 2.26. The molecule has 0 amide bonds. The molecule has 3 rings (SSSR count). The maximum absolute atomic E-state index is 12.8. The summed E-state index contributed by atoms with van der Waals surface area (Å²) in [5.41, 5.74) is 3.83. The van der Waals surface area contributed by atoms with Crippen molar-refractivity contribution in [2.75, 3.05) is 20.6 Å². The quantitative estimate of drug-likeness (QED) is 0.912. The van der Waals surface area contributed by atoms with E-state index >= 15 is 0 Å². The molecule has 0 radical (unpaired) electrons. The molecule has 4 heteroatoms. The smallest absolute Gasteiger partial charge is 0.255 e. The molecule has 0 bridgehead atoms. The highest BCUT2D eigenvalue weighted by molar-refractivity contribution is 5.29. The highest BCUT2D eigenvalue weighted by atomic mass is 16.1. The van der Waals surface area contributed by atoms with Gasteiger partial charge in [0.2, 0.25) is 0 Å². The van der Waals surface area contributed by atoms with Crippen LogP contribution in [0, 0.1) is 0 Å². The van der Waals surface area contributed by atoms with Crippen molar-refractivity contribution in [2.45, 2.75) is 51.2 Å². The maximum Gasteiger partial charge on any atom is 0.255 e. The van der Waals surface area contributed by atoms with Gasteiger partial charge >= 0.3 is 0 Å². The molecular formula is C16H25N3O. The molecule has 0 aromatic carbocycles. The fourth-order valence-electron chi connectivity index (χ4n) is 3.74. The van der Waals surface area contributed by atoms with Gasteiger partial charge in [0.15, 0.2) is 0 Å². The number of nitrogens with zero attached hydrogens (tertiary/aromatic N) is 2. The lowest BCUT2D eigenvalue weighted by atomic mass is 10.0. The Morgan fingerprint density at radius 2 is 2.10 bits per heavy atom. The van der Waals surface area contributed by atoms with Gasteiger partial charge in [-0.05, 0) is 38.6 Å². The normalized spacial score (nSPS) is 20.3. The molecule has 1 fully saturated rings. The minimum absolute atomic E-state index is 0.245. The number of pyridine rings is 1. The third-order valence-electron chi connectivity index (χ3n) is 4.73. The molecule has 0 atom stereocenters. The standard InChI is InChI=1S/C16H25N3O/c1-17-10-12-9-13-11-18(2)8-7-15(13)19(16(12)20)14-5-3-4-6-14/h9,14,17H,3-8,10-11H2,1-2H3. The first-order valence-electron chi connectivity index (χ1n) is 7.80. The molecule has 0 unspecified atom stereocenters. The van der Waals surface area contributed by atoms with Gasteiger partial charge in [0.05, 0.1) is 0 Å². The predicted molar refractivity (Wildman–Crippen MR) is 81.0 cm³/mol. The van der Waals surface area contributed by atoms with E-state index in [4.69, 9.17) is 0 Å². The second-order valence-electron chi connectivity index (χ2n) is 6.27. The summed E-state index contributed by atoms with van der Waals surface area (Å²) in [4.78, 5) is 15.2. The van der Waals surface area contributed by atoms with E-state index in [-0.39, 0.29) is 5.56 Å². The minimum Gasteiger partial charge on any atom is -0.315 e. The zero-order chi connectivity index (χ0) is 14.1. The molecule has 4 nitrogen and oxygen atoms in total. The van der Waals surface area contributed by atoms with Crippen molar-refractivity contribution < 1.29 is 0 Å². The van der Waals surface area contributed by atoms with Crippen LogP contribution < -0.4 is 10.9 Å².